The van der Waals surface area contributed by atoms with Gasteiger partial charge < -0.3 is 19.5 Å². The first-order valence-corrected chi connectivity index (χ1v) is 7.76. The van der Waals surface area contributed by atoms with Crippen LogP contribution in [-0.2, 0) is 4.74 Å². The first kappa shape index (κ1) is 16.1. The number of rotatable bonds is 7. The molecule has 1 aromatic carbocycles. The van der Waals surface area contributed by atoms with Crippen LogP contribution in [0.25, 0.3) is 0 Å². The fourth-order valence-electron chi connectivity index (χ4n) is 2.64. The highest BCUT2D eigenvalue weighted by molar-refractivity contribution is 5.44. The summed E-state index contributed by atoms with van der Waals surface area (Å²) in [6.07, 6.45) is 1.99. The molecule has 0 saturated heterocycles. The first-order valence-electron chi connectivity index (χ1n) is 7.76. The molecule has 1 aromatic rings. The molecular formula is C17H27NO3. The minimum Gasteiger partial charge on any atom is -0.491 e. The van der Waals surface area contributed by atoms with Gasteiger partial charge in [0, 0.05) is 30.7 Å². The quantitative estimate of drug-likeness (QED) is 0.783. The van der Waals surface area contributed by atoms with Crippen LogP contribution >= 0.6 is 0 Å². The largest absolute Gasteiger partial charge is 0.491 e. The molecule has 1 unspecified atom stereocenters. The van der Waals surface area contributed by atoms with E-state index in [0.717, 1.165) is 30.9 Å². The number of hydrogen-bond acceptors (Lipinski definition) is 4. The molecule has 4 nitrogen and oxygen atoms in total. The molecule has 0 bridgehead atoms. The van der Waals surface area contributed by atoms with Gasteiger partial charge in [0.1, 0.15) is 23.7 Å². The molecule has 0 radical (unpaired) electrons. The summed E-state index contributed by atoms with van der Waals surface area (Å²) < 4.78 is 17.2. The van der Waals surface area contributed by atoms with E-state index in [-0.39, 0.29) is 5.60 Å². The van der Waals surface area contributed by atoms with Gasteiger partial charge in [0.2, 0.25) is 0 Å². The zero-order valence-corrected chi connectivity index (χ0v) is 13.6. The molecule has 0 amide bonds. The maximum atomic E-state index is 6.09. The Balaban J connectivity index is 2.01. The van der Waals surface area contributed by atoms with E-state index < -0.39 is 0 Å². The van der Waals surface area contributed by atoms with Gasteiger partial charge in [-0.25, -0.2) is 0 Å². The van der Waals surface area contributed by atoms with Crippen molar-refractivity contribution in [3.8, 4) is 11.5 Å². The lowest BCUT2D eigenvalue weighted by Gasteiger charge is -2.37. The van der Waals surface area contributed by atoms with Crippen LogP contribution in [0, 0.1) is 0 Å². The predicted octanol–water partition coefficient (Wildman–Crippen LogP) is 3.31. The zero-order valence-electron chi connectivity index (χ0n) is 13.6. The molecule has 0 aromatic heterocycles. The van der Waals surface area contributed by atoms with Crippen molar-refractivity contribution in [3.05, 3.63) is 23.8 Å². The Hall–Kier alpha value is -1.26. The highest BCUT2D eigenvalue weighted by atomic mass is 16.5. The number of ether oxygens (including phenoxy) is 3. The zero-order chi connectivity index (χ0) is 15.3. The molecule has 1 aliphatic heterocycles. The Morgan fingerprint density at radius 3 is 2.81 bits per heavy atom. The summed E-state index contributed by atoms with van der Waals surface area (Å²) in [5.41, 5.74) is 1.04. The van der Waals surface area contributed by atoms with Gasteiger partial charge in [0.15, 0.2) is 0 Å². The van der Waals surface area contributed by atoms with Gasteiger partial charge in [-0.2, -0.15) is 0 Å². The Morgan fingerprint density at radius 2 is 2.10 bits per heavy atom. The molecule has 1 heterocycles. The second-order valence-electron chi connectivity index (χ2n) is 6.07. The van der Waals surface area contributed by atoms with Gasteiger partial charge in [-0.3, -0.25) is 0 Å². The number of fused-ring (bicyclic) bond motifs is 1. The Morgan fingerprint density at radius 1 is 1.29 bits per heavy atom. The van der Waals surface area contributed by atoms with E-state index in [0.29, 0.717) is 19.3 Å². The highest BCUT2D eigenvalue weighted by Gasteiger charge is 2.33. The summed E-state index contributed by atoms with van der Waals surface area (Å²) in [5.74, 6) is 1.75. The monoisotopic (exact) mass is 293 g/mol. The van der Waals surface area contributed by atoms with E-state index in [1.165, 1.54) is 5.56 Å². The van der Waals surface area contributed by atoms with Crippen LogP contribution in [0.5, 0.6) is 11.5 Å². The van der Waals surface area contributed by atoms with Gasteiger partial charge in [0.25, 0.3) is 0 Å². The molecule has 4 heteroatoms. The van der Waals surface area contributed by atoms with Gasteiger partial charge in [-0.05, 0) is 33.4 Å². The molecule has 21 heavy (non-hydrogen) atoms. The summed E-state index contributed by atoms with van der Waals surface area (Å²) in [5, 5.41) is 3.36. The van der Waals surface area contributed by atoms with Gasteiger partial charge in [-0.1, -0.05) is 13.0 Å². The molecule has 0 fully saturated rings. The van der Waals surface area contributed by atoms with Crippen molar-refractivity contribution >= 4 is 0 Å². The molecule has 1 atom stereocenters. The maximum absolute atomic E-state index is 6.09. The molecule has 2 rings (SSSR count). The van der Waals surface area contributed by atoms with Crippen LogP contribution in [0.3, 0.4) is 0 Å². The maximum Gasteiger partial charge on any atom is 0.128 e. The summed E-state index contributed by atoms with van der Waals surface area (Å²) in [6.45, 7) is 8.31. The SMILES string of the molecule is CCCOCCOc1ccc2c(c1)OC(C)(C)CC2NC. The molecule has 1 N–H and O–H groups in total. The van der Waals surface area contributed by atoms with E-state index in [2.05, 4.69) is 32.2 Å². The van der Waals surface area contributed by atoms with Crippen molar-refractivity contribution in [3.63, 3.8) is 0 Å². The lowest BCUT2D eigenvalue weighted by molar-refractivity contribution is 0.0665. The lowest BCUT2D eigenvalue weighted by atomic mass is 9.90. The summed E-state index contributed by atoms with van der Waals surface area (Å²) in [7, 11) is 1.99. The van der Waals surface area contributed by atoms with Crippen molar-refractivity contribution in [2.75, 3.05) is 26.9 Å². The van der Waals surface area contributed by atoms with Crippen molar-refractivity contribution in [1.29, 1.82) is 0 Å². The van der Waals surface area contributed by atoms with Gasteiger partial charge in [0.05, 0.1) is 6.61 Å². The van der Waals surface area contributed by atoms with E-state index in [1.807, 2.05) is 19.2 Å². The Bertz CT molecular complexity index is 459. The normalized spacial score (nSPS) is 19.7. The fraction of sp³-hybridized carbons (Fsp3) is 0.647. The lowest BCUT2D eigenvalue weighted by Crippen LogP contribution is -2.38. The number of hydrogen-bond donors (Lipinski definition) is 1. The van der Waals surface area contributed by atoms with Crippen LogP contribution < -0.4 is 14.8 Å². The van der Waals surface area contributed by atoms with Crippen LogP contribution in [0.2, 0.25) is 0 Å². The molecular weight excluding hydrogens is 266 g/mol. The van der Waals surface area contributed by atoms with Crippen molar-refractivity contribution in [1.82, 2.24) is 5.32 Å². The average molecular weight is 293 g/mol. The highest BCUT2D eigenvalue weighted by Crippen LogP contribution is 2.40. The topological polar surface area (TPSA) is 39.7 Å². The predicted molar refractivity (Wildman–Crippen MR) is 84.2 cm³/mol. The summed E-state index contributed by atoms with van der Waals surface area (Å²) >= 11 is 0. The number of nitrogens with one attached hydrogen (secondary N) is 1. The minimum absolute atomic E-state index is 0.163. The van der Waals surface area contributed by atoms with Crippen molar-refractivity contribution < 1.29 is 14.2 Å². The molecule has 1 aliphatic rings. The van der Waals surface area contributed by atoms with E-state index in [4.69, 9.17) is 14.2 Å². The number of benzene rings is 1. The minimum atomic E-state index is -0.163. The van der Waals surface area contributed by atoms with Crippen LogP contribution in [0.15, 0.2) is 18.2 Å². The van der Waals surface area contributed by atoms with Crippen molar-refractivity contribution in [2.45, 2.75) is 45.3 Å². The smallest absolute Gasteiger partial charge is 0.128 e. The molecule has 0 saturated carbocycles. The summed E-state index contributed by atoms with van der Waals surface area (Å²) in [6, 6.07) is 6.41. The van der Waals surface area contributed by atoms with Crippen LogP contribution in [0.1, 0.15) is 45.2 Å². The van der Waals surface area contributed by atoms with E-state index in [1.54, 1.807) is 0 Å². The van der Waals surface area contributed by atoms with Crippen molar-refractivity contribution in [2.24, 2.45) is 0 Å². The summed E-state index contributed by atoms with van der Waals surface area (Å²) in [4.78, 5) is 0. The third-order valence-corrected chi connectivity index (χ3v) is 3.64. The van der Waals surface area contributed by atoms with E-state index in [9.17, 15) is 0 Å². The fourth-order valence-corrected chi connectivity index (χ4v) is 2.64. The second kappa shape index (κ2) is 7.14. The first-order chi connectivity index (χ1) is 10.1. The molecule has 0 aliphatic carbocycles. The van der Waals surface area contributed by atoms with Crippen LogP contribution in [-0.4, -0.2) is 32.5 Å². The third kappa shape index (κ3) is 4.35. The Kier molecular flexibility index (Phi) is 5.48. The van der Waals surface area contributed by atoms with E-state index >= 15 is 0 Å². The standard InChI is InChI=1S/C17H27NO3/c1-5-8-19-9-10-20-13-6-7-14-15(18-4)12-17(2,3)21-16(14)11-13/h6-7,11,15,18H,5,8-10,12H2,1-4H3. The third-order valence-electron chi connectivity index (χ3n) is 3.64. The van der Waals surface area contributed by atoms with Crippen LogP contribution in [0.4, 0.5) is 0 Å². The molecule has 0 spiro atoms. The Labute approximate surface area is 127 Å². The van der Waals surface area contributed by atoms with Gasteiger partial charge >= 0.3 is 0 Å². The average Bonchev–Trinajstić information content (AvgIpc) is 2.44. The van der Waals surface area contributed by atoms with Gasteiger partial charge in [-0.15, -0.1) is 0 Å². The second-order valence-corrected chi connectivity index (χ2v) is 6.07. The molecule has 118 valence electrons.